The van der Waals surface area contributed by atoms with E-state index in [4.69, 9.17) is 20.9 Å². The average molecular weight is 300 g/mol. The molecular formula is C14H24N2O5. The standard InChI is InChI=1S/C14H24N2O5/c15-8-1-3-10(5-8)20-13(18)7-12(17)14(19)21-11-4-2-9(16)6-11/h8-12,17H,1-7,15-16H2/t8-,9-,10+,11+,12?/m0/s1. The van der Waals surface area contributed by atoms with Crippen LogP contribution in [-0.2, 0) is 19.1 Å². The van der Waals surface area contributed by atoms with Crippen LogP contribution in [-0.4, -0.2) is 47.4 Å². The summed E-state index contributed by atoms with van der Waals surface area (Å²) in [6.45, 7) is 0. The normalized spacial score (nSPS) is 33.7. The van der Waals surface area contributed by atoms with Gasteiger partial charge >= 0.3 is 11.9 Å². The molecule has 120 valence electrons. The first-order chi connectivity index (χ1) is 9.94. The Balaban J connectivity index is 1.68. The van der Waals surface area contributed by atoms with Gasteiger partial charge in [0, 0.05) is 12.1 Å². The summed E-state index contributed by atoms with van der Waals surface area (Å²) >= 11 is 0. The second kappa shape index (κ2) is 7.20. The van der Waals surface area contributed by atoms with Crippen molar-refractivity contribution in [2.24, 2.45) is 11.5 Å². The summed E-state index contributed by atoms with van der Waals surface area (Å²) in [4.78, 5) is 23.3. The molecule has 0 saturated heterocycles. The van der Waals surface area contributed by atoms with Gasteiger partial charge in [0.25, 0.3) is 0 Å². The van der Waals surface area contributed by atoms with E-state index in [0.29, 0.717) is 19.3 Å². The molecule has 21 heavy (non-hydrogen) atoms. The van der Waals surface area contributed by atoms with E-state index in [-0.39, 0.29) is 30.7 Å². The zero-order valence-electron chi connectivity index (χ0n) is 12.1. The molecule has 2 saturated carbocycles. The van der Waals surface area contributed by atoms with Crippen LogP contribution in [0.4, 0.5) is 0 Å². The highest BCUT2D eigenvalue weighted by molar-refractivity contribution is 5.81. The van der Waals surface area contributed by atoms with Crippen molar-refractivity contribution >= 4 is 11.9 Å². The monoisotopic (exact) mass is 300 g/mol. The Bertz CT molecular complexity index is 390. The lowest BCUT2D eigenvalue weighted by atomic mass is 10.2. The molecule has 0 spiro atoms. The van der Waals surface area contributed by atoms with E-state index in [9.17, 15) is 14.7 Å². The van der Waals surface area contributed by atoms with Crippen LogP contribution in [0.1, 0.15) is 44.9 Å². The molecule has 2 aliphatic carbocycles. The summed E-state index contributed by atoms with van der Waals surface area (Å²) in [7, 11) is 0. The number of nitrogens with two attached hydrogens (primary N) is 2. The van der Waals surface area contributed by atoms with Crippen molar-refractivity contribution in [2.45, 2.75) is 75.3 Å². The molecule has 0 aromatic carbocycles. The van der Waals surface area contributed by atoms with E-state index in [2.05, 4.69) is 0 Å². The number of carbonyl (C=O) groups excluding carboxylic acids is 2. The first kappa shape index (κ1) is 16.2. The van der Waals surface area contributed by atoms with Crippen molar-refractivity contribution in [3.05, 3.63) is 0 Å². The Morgan fingerprint density at radius 2 is 1.52 bits per heavy atom. The van der Waals surface area contributed by atoms with Crippen molar-refractivity contribution < 1.29 is 24.2 Å². The second-order valence-electron chi connectivity index (χ2n) is 6.04. The Morgan fingerprint density at radius 3 is 2.00 bits per heavy atom. The fraction of sp³-hybridized carbons (Fsp3) is 0.857. The zero-order valence-corrected chi connectivity index (χ0v) is 12.1. The molecule has 0 aromatic heterocycles. The Labute approximate surface area is 123 Å². The minimum Gasteiger partial charge on any atom is -0.462 e. The minimum atomic E-state index is -1.48. The highest BCUT2D eigenvalue weighted by Gasteiger charge is 2.30. The number of rotatable bonds is 5. The quantitative estimate of drug-likeness (QED) is 0.589. The van der Waals surface area contributed by atoms with Crippen LogP contribution in [0.3, 0.4) is 0 Å². The lowest BCUT2D eigenvalue weighted by Crippen LogP contribution is -2.31. The molecule has 0 aromatic rings. The van der Waals surface area contributed by atoms with Crippen LogP contribution in [0.2, 0.25) is 0 Å². The van der Waals surface area contributed by atoms with Crippen molar-refractivity contribution in [2.75, 3.05) is 0 Å². The van der Waals surface area contributed by atoms with Gasteiger partial charge in [-0.05, 0) is 38.5 Å². The van der Waals surface area contributed by atoms with E-state index >= 15 is 0 Å². The van der Waals surface area contributed by atoms with Gasteiger partial charge in [-0.3, -0.25) is 4.79 Å². The summed E-state index contributed by atoms with van der Waals surface area (Å²) in [6, 6.07) is 0.0979. The lowest BCUT2D eigenvalue weighted by Gasteiger charge is -2.16. The van der Waals surface area contributed by atoms with Gasteiger partial charge in [0.1, 0.15) is 12.2 Å². The van der Waals surface area contributed by atoms with Crippen molar-refractivity contribution in [1.29, 1.82) is 0 Å². The van der Waals surface area contributed by atoms with E-state index in [0.717, 1.165) is 19.3 Å². The van der Waals surface area contributed by atoms with Crippen molar-refractivity contribution in [1.82, 2.24) is 0 Å². The SMILES string of the molecule is N[C@H]1CC[C@@H](OC(=O)CC(O)C(=O)O[C@@H]2CC[C@H](N)C2)C1. The van der Waals surface area contributed by atoms with Crippen molar-refractivity contribution in [3.63, 3.8) is 0 Å². The predicted molar refractivity (Wildman–Crippen MR) is 74.0 cm³/mol. The molecule has 5 atom stereocenters. The smallest absolute Gasteiger partial charge is 0.335 e. The predicted octanol–water partition coefficient (Wildman–Crippen LogP) is -0.417. The zero-order chi connectivity index (χ0) is 15.4. The maximum Gasteiger partial charge on any atom is 0.335 e. The number of carbonyl (C=O) groups is 2. The van der Waals surface area contributed by atoms with E-state index in [1.165, 1.54) is 0 Å². The van der Waals surface area contributed by atoms with E-state index < -0.39 is 18.0 Å². The Morgan fingerprint density at radius 1 is 1.00 bits per heavy atom. The van der Waals surface area contributed by atoms with Gasteiger partial charge < -0.3 is 26.0 Å². The van der Waals surface area contributed by atoms with Crippen LogP contribution in [0.5, 0.6) is 0 Å². The van der Waals surface area contributed by atoms with Crippen LogP contribution >= 0.6 is 0 Å². The number of aliphatic hydroxyl groups excluding tert-OH is 1. The number of esters is 2. The van der Waals surface area contributed by atoms with Gasteiger partial charge in [0.05, 0.1) is 6.42 Å². The minimum absolute atomic E-state index is 0.0384. The lowest BCUT2D eigenvalue weighted by molar-refractivity contribution is -0.165. The van der Waals surface area contributed by atoms with Crippen LogP contribution in [0.25, 0.3) is 0 Å². The van der Waals surface area contributed by atoms with Gasteiger partial charge in [-0.15, -0.1) is 0 Å². The highest BCUT2D eigenvalue weighted by Crippen LogP contribution is 2.22. The molecule has 7 heteroatoms. The van der Waals surface area contributed by atoms with Gasteiger partial charge in [-0.25, -0.2) is 4.79 Å². The Hall–Kier alpha value is -1.18. The average Bonchev–Trinajstić information content (AvgIpc) is 2.98. The third kappa shape index (κ3) is 4.94. The van der Waals surface area contributed by atoms with Gasteiger partial charge in [0.15, 0.2) is 6.10 Å². The summed E-state index contributed by atoms with van der Waals surface area (Å²) < 4.78 is 10.3. The molecule has 0 radical (unpaired) electrons. The molecule has 1 unspecified atom stereocenters. The third-order valence-electron chi connectivity index (χ3n) is 4.06. The molecule has 0 aliphatic heterocycles. The highest BCUT2D eigenvalue weighted by atomic mass is 16.6. The van der Waals surface area contributed by atoms with Gasteiger partial charge in [-0.2, -0.15) is 0 Å². The molecule has 0 bridgehead atoms. The first-order valence-electron chi connectivity index (χ1n) is 7.53. The molecule has 0 heterocycles. The number of ether oxygens (including phenoxy) is 2. The maximum atomic E-state index is 11.7. The van der Waals surface area contributed by atoms with Crippen LogP contribution < -0.4 is 11.5 Å². The number of hydrogen-bond donors (Lipinski definition) is 3. The molecule has 7 nitrogen and oxygen atoms in total. The molecular weight excluding hydrogens is 276 g/mol. The topological polar surface area (TPSA) is 125 Å². The van der Waals surface area contributed by atoms with Crippen LogP contribution in [0.15, 0.2) is 0 Å². The number of aliphatic hydroxyl groups is 1. The fourth-order valence-corrected chi connectivity index (χ4v) is 2.88. The Kier molecular flexibility index (Phi) is 5.55. The fourth-order valence-electron chi connectivity index (χ4n) is 2.88. The summed E-state index contributed by atoms with van der Waals surface area (Å²) in [5.41, 5.74) is 11.4. The van der Waals surface area contributed by atoms with Gasteiger partial charge in [0.2, 0.25) is 0 Å². The summed E-state index contributed by atoms with van der Waals surface area (Å²) in [5, 5.41) is 9.71. The van der Waals surface area contributed by atoms with Crippen molar-refractivity contribution in [3.8, 4) is 0 Å². The largest absolute Gasteiger partial charge is 0.462 e. The summed E-state index contributed by atoms with van der Waals surface area (Å²) in [5.74, 6) is -1.38. The first-order valence-corrected chi connectivity index (χ1v) is 7.53. The van der Waals surface area contributed by atoms with Crippen LogP contribution in [0, 0.1) is 0 Å². The third-order valence-corrected chi connectivity index (χ3v) is 4.06. The molecule has 2 fully saturated rings. The second-order valence-corrected chi connectivity index (χ2v) is 6.04. The van der Waals surface area contributed by atoms with Gasteiger partial charge in [-0.1, -0.05) is 0 Å². The molecule has 0 amide bonds. The molecule has 2 aliphatic rings. The van der Waals surface area contributed by atoms with E-state index in [1.54, 1.807) is 0 Å². The van der Waals surface area contributed by atoms with E-state index in [1.807, 2.05) is 0 Å². The molecule has 5 N–H and O–H groups in total. The molecule has 2 rings (SSSR count). The summed E-state index contributed by atoms with van der Waals surface area (Å²) in [6.07, 6.45) is 1.96. The maximum absolute atomic E-state index is 11.7. The number of hydrogen-bond acceptors (Lipinski definition) is 7.